The first-order valence-corrected chi connectivity index (χ1v) is 9.03. The smallest absolute Gasteiger partial charge is 0.150 e. The summed E-state index contributed by atoms with van der Waals surface area (Å²) in [5, 5.41) is 3.09. The maximum absolute atomic E-state index is 11.8. The first-order chi connectivity index (χ1) is 9.41. The molecule has 1 aliphatic rings. The highest BCUT2D eigenvalue weighted by atomic mass is 32.2. The molecule has 1 aromatic rings. The zero-order valence-corrected chi connectivity index (χ0v) is 13.2. The Kier molecular flexibility index (Phi) is 4.75. The summed E-state index contributed by atoms with van der Waals surface area (Å²) in [5.74, 6) is 1.06. The van der Waals surface area contributed by atoms with Crippen LogP contribution in [0.15, 0.2) is 12.3 Å². The number of nitrogens with zero attached hydrogens (tertiary/aromatic N) is 2. The zero-order valence-electron chi connectivity index (χ0n) is 12.3. The molecule has 1 fully saturated rings. The van der Waals surface area contributed by atoms with Gasteiger partial charge in [-0.3, -0.25) is 0 Å². The van der Waals surface area contributed by atoms with Crippen molar-refractivity contribution in [1.82, 2.24) is 15.3 Å². The molecular weight excluding hydrogens is 274 g/mol. The van der Waals surface area contributed by atoms with Crippen LogP contribution in [0.25, 0.3) is 0 Å². The first-order valence-electron chi connectivity index (χ1n) is 7.07. The van der Waals surface area contributed by atoms with E-state index in [0.717, 1.165) is 30.8 Å². The van der Waals surface area contributed by atoms with Crippen molar-refractivity contribution in [2.45, 2.75) is 43.9 Å². The molecule has 112 valence electrons. The first kappa shape index (κ1) is 15.4. The molecule has 1 saturated carbocycles. The van der Waals surface area contributed by atoms with E-state index < -0.39 is 9.84 Å². The lowest BCUT2D eigenvalue weighted by atomic mass is 9.82. The third kappa shape index (κ3) is 3.55. The summed E-state index contributed by atoms with van der Waals surface area (Å²) in [7, 11) is -1.04. The lowest BCUT2D eigenvalue weighted by Gasteiger charge is -2.33. The number of aryl methyl sites for hydroxylation is 1. The van der Waals surface area contributed by atoms with E-state index in [4.69, 9.17) is 0 Å². The van der Waals surface area contributed by atoms with Crippen molar-refractivity contribution in [3.05, 3.63) is 23.8 Å². The maximum atomic E-state index is 11.8. The molecule has 20 heavy (non-hydrogen) atoms. The molecule has 3 atom stereocenters. The van der Waals surface area contributed by atoms with Crippen molar-refractivity contribution in [2.75, 3.05) is 13.3 Å². The molecule has 1 aliphatic carbocycles. The minimum atomic E-state index is -2.95. The van der Waals surface area contributed by atoms with Gasteiger partial charge < -0.3 is 5.32 Å². The van der Waals surface area contributed by atoms with Gasteiger partial charge in [-0.1, -0.05) is 6.42 Å². The van der Waals surface area contributed by atoms with Gasteiger partial charge >= 0.3 is 0 Å². The second-order valence-corrected chi connectivity index (χ2v) is 8.00. The molecule has 0 spiro atoms. The number of nitrogens with one attached hydrogen (secondary N) is 1. The minimum absolute atomic E-state index is 0.0984. The second kappa shape index (κ2) is 6.18. The van der Waals surface area contributed by atoms with Gasteiger partial charge in [0, 0.05) is 12.5 Å². The summed E-state index contributed by atoms with van der Waals surface area (Å²) in [6.07, 6.45) is 6.62. The van der Waals surface area contributed by atoms with Gasteiger partial charge in [0.15, 0.2) is 0 Å². The van der Waals surface area contributed by atoms with Crippen molar-refractivity contribution in [1.29, 1.82) is 0 Å². The fourth-order valence-corrected chi connectivity index (χ4v) is 4.34. The Hall–Kier alpha value is -1.01. The SMILES string of the molecule is CNC(c1ccnc(C)n1)C1CCCC(S(C)(=O)=O)C1. The van der Waals surface area contributed by atoms with Crippen molar-refractivity contribution in [3.8, 4) is 0 Å². The number of aromatic nitrogens is 2. The van der Waals surface area contributed by atoms with Crippen LogP contribution < -0.4 is 5.32 Å². The predicted molar refractivity (Wildman–Crippen MR) is 79.2 cm³/mol. The van der Waals surface area contributed by atoms with E-state index in [1.54, 1.807) is 6.20 Å². The fourth-order valence-electron chi connectivity index (χ4n) is 3.15. The Bertz CT molecular complexity index is 559. The van der Waals surface area contributed by atoms with E-state index in [2.05, 4.69) is 15.3 Å². The average Bonchev–Trinajstić information content (AvgIpc) is 2.39. The van der Waals surface area contributed by atoms with Crippen LogP contribution in [0, 0.1) is 12.8 Å². The molecule has 0 saturated heterocycles. The highest BCUT2D eigenvalue weighted by Gasteiger charge is 2.33. The Morgan fingerprint density at radius 3 is 2.75 bits per heavy atom. The predicted octanol–water partition coefficient (Wildman–Crippen LogP) is 1.65. The van der Waals surface area contributed by atoms with Crippen LogP contribution >= 0.6 is 0 Å². The minimum Gasteiger partial charge on any atom is -0.311 e. The van der Waals surface area contributed by atoms with Gasteiger partial charge in [-0.25, -0.2) is 18.4 Å². The second-order valence-electron chi connectivity index (χ2n) is 5.67. The van der Waals surface area contributed by atoms with Crippen molar-refractivity contribution in [2.24, 2.45) is 5.92 Å². The molecule has 0 amide bonds. The number of hydrogen-bond acceptors (Lipinski definition) is 5. The number of rotatable bonds is 4. The highest BCUT2D eigenvalue weighted by molar-refractivity contribution is 7.91. The highest BCUT2D eigenvalue weighted by Crippen LogP contribution is 2.36. The molecule has 0 aromatic carbocycles. The number of hydrogen-bond donors (Lipinski definition) is 1. The Labute approximate surface area is 121 Å². The lowest BCUT2D eigenvalue weighted by Crippen LogP contribution is -2.34. The van der Waals surface area contributed by atoms with E-state index in [1.807, 2.05) is 20.0 Å². The van der Waals surface area contributed by atoms with Gasteiger partial charge in [0.25, 0.3) is 0 Å². The fraction of sp³-hybridized carbons (Fsp3) is 0.714. The van der Waals surface area contributed by atoms with E-state index in [9.17, 15) is 8.42 Å². The zero-order chi connectivity index (χ0) is 14.8. The maximum Gasteiger partial charge on any atom is 0.150 e. The summed E-state index contributed by atoms with van der Waals surface area (Å²) < 4.78 is 23.6. The monoisotopic (exact) mass is 297 g/mol. The van der Waals surface area contributed by atoms with Gasteiger partial charge in [-0.2, -0.15) is 0 Å². The van der Waals surface area contributed by atoms with Crippen LogP contribution in [-0.2, 0) is 9.84 Å². The van der Waals surface area contributed by atoms with Crippen molar-refractivity contribution < 1.29 is 8.42 Å². The van der Waals surface area contributed by atoms with Gasteiger partial charge in [-0.05, 0) is 45.2 Å². The molecule has 0 bridgehead atoms. The standard InChI is InChI=1S/C14H23N3O2S/c1-10-16-8-7-13(17-10)14(15-2)11-5-4-6-12(9-11)20(3,18)19/h7-8,11-12,14-15H,4-6,9H2,1-3H3. The van der Waals surface area contributed by atoms with Crippen LogP contribution in [0.1, 0.15) is 43.2 Å². The van der Waals surface area contributed by atoms with Crippen molar-refractivity contribution in [3.63, 3.8) is 0 Å². The Morgan fingerprint density at radius 1 is 1.40 bits per heavy atom. The largest absolute Gasteiger partial charge is 0.311 e. The molecule has 1 aromatic heterocycles. The van der Waals surface area contributed by atoms with Gasteiger partial charge in [-0.15, -0.1) is 0 Å². The van der Waals surface area contributed by atoms with E-state index in [1.165, 1.54) is 6.26 Å². The number of sulfone groups is 1. The Balaban J connectivity index is 2.19. The van der Waals surface area contributed by atoms with Crippen LogP contribution in [0.2, 0.25) is 0 Å². The van der Waals surface area contributed by atoms with Gasteiger partial charge in [0.1, 0.15) is 15.7 Å². The summed E-state index contributed by atoms with van der Waals surface area (Å²) in [6.45, 7) is 1.87. The van der Waals surface area contributed by atoms with Gasteiger partial charge in [0.2, 0.25) is 0 Å². The van der Waals surface area contributed by atoms with Crippen LogP contribution in [-0.4, -0.2) is 36.9 Å². The van der Waals surface area contributed by atoms with Crippen LogP contribution in [0.3, 0.4) is 0 Å². The average molecular weight is 297 g/mol. The van der Waals surface area contributed by atoms with Crippen molar-refractivity contribution >= 4 is 9.84 Å². The Morgan fingerprint density at radius 2 is 2.15 bits per heavy atom. The quantitative estimate of drug-likeness (QED) is 0.915. The summed E-state index contributed by atoms with van der Waals surface area (Å²) in [6, 6.07) is 2.01. The summed E-state index contributed by atoms with van der Waals surface area (Å²) >= 11 is 0. The molecule has 5 nitrogen and oxygen atoms in total. The lowest BCUT2D eigenvalue weighted by molar-refractivity contribution is 0.278. The van der Waals surface area contributed by atoms with Crippen LogP contribution in [0.5, 0.6) is 0 Å². The van der Waals surface area contributed by atoms with Crippen LogP contribution in [0.4, 0.5) is 0 Å². The topological polar surface area (TPSA) is 72.0 Å². The molecular formula is C14H23N3O2S. The van der Waals surface area contributed by atoms with E-state index in [0.29, 0.717) is 12.3 Å². The molecule has 0 aliphatic heterocycles. The normalized spacial score (nSPS) is 25.4. The third-order valence-corrected chi connectivity index (χ3v) is 5.81. The molecule has 0 radical (unpaired) electrons. The summed E-state index contributed by atoms with van der Waals surface area (Å²) in [4.78, 5) is 8.60. The summed E-state index contributed by atoms with van der Waals surface area (Å²) in [5.41, 5.74) is 0.958. The van der Waals surface area contributed by atoms with E-state index in [-0.39, 0.29) is 11.3 Å². The van der Waals surface area contributed by atoms with E-state index >= 15 is 0 Å². The molecule has 2 rings (SSSR count). The molecule has 1 N–H and O–H groups in total. The third-order valence-electron chi connectivity index (χ3n) is 4.17. The molecule has 1 heterocycles. The molecule has 3 unspecified atom stereocenters. The molecule has 6 heteroatoms. The van der Waals surface area contributed by atoms with Gasteiger partial charge in [0.05, 0.1) is 17.0 Å².